The third-order valence-corrected chi connectivity index (χ3v) is 6.14. The van der Waals surface area contributed by atoms with Crippen LogP contribution in [0.3, 0.4) is 0 Å². The van der Waals surface area contributed by atoms with Crippen LogP contribution in [-0.4, -0.2) is 63.1 Å². The number of fused-ring (bicyclic) bond motifs is 1. The number of benzene rings is 2. The molecule has 0 radical (unpaired) electrons. The second-order valence-corrected chi connectivity index (χ2v) is 9.27. The van der Waals surface area contributed by atoms with Crippen molar-refractivity contribution in [3.63, 3.8) is 0 Å². The summed E-state index contributed by atoms with van der Waals surface area (Å²) in [5.74, 6) is -0.00566. The first-order valence-corrected chi connectivity index (χ1v) is 12.4. The predicted octanol–water partition coefficient (Wildman–Crippen LogP) is 1.89. The van der Waals surface area contributed by atoms with E-state index in [0.29, 0.717) is 35.6 Å². The number of Topliss-reactive ketones (excluding diaryl/α,β-unsaturated/α-hetero) is 1. The molecule has 192 valence electrons. The van der Waals surface area contributed by atoms with Gasteiger partial charge in [0.1, 0.15) is 18.7 Å². The van der Waals surface area contributed by atoms with Gasteiger partial charge < -0.3 is 18.9 Å². The van der Waals surface area contributed by atoms with Gasteiger partial charge in [0.2, 0.25) is 21.6 Å². The summed E-state index contributed by atoms with van der Waals surface area (Å²) >= 11 is 0. The Morgan fingerprint density at radius 3 is 2.46 bits per heavy atom. The van der Waals surface area contributed by atoms with Crippen LogP contribution in [0.1, 0.15) is 6.42 Å². The topological polar surface area (TPSA) is 169 Å². The lowest BCUT2D eigenvalue weighted by Gasteiger charge is -2.15. The summed E-state index contributed by atoms with van der Waals surface area (Å²) in [6.07, 6.45) is 2.00. The Labute approximate surface area is 211 Å². The largest absolute Gasteiger partial charge is 0.493 e. The standard InChI is InChI=1S/C24H22N4O8S/c1-33-7-8-35-23-11-17-16(9-22(23)34-2)24(27-13-26-17)28-18-10-20(30)21(12-19(18)29)36-14-3-5-15(6-4-14)37(25,31)32/h3-6,9,11-13H,7-8,10H2,1-2H3,(H2,25,31,32). The van der Waals surface area contributed by atoms with Crippen molar-refractivity contribution in [2.45, 2.75) is 11.3 Å². The Morgan fingerprint density at radius 1 is 1.03 bits per heavy atom. The van der Waals surface area contributed by atoms with Gasteiger partial charge in [-0.2, -0.15) is 0 Å². The lowest BCUT2D eigenvalue weighted by Crippen LogP contribution is -2.26. The van der Waals surface area contributed by atoms with Gasteiger partial charge in [0.15, 0.2) is 23.1 Å². The molecule has 1 aromatic heterocycles. The first-order chi connectivity index (χ1) is 17.7. The molecule has 4 rings (SSSR count). The average Bonchev–Trinajstić information content (AvgIpc) is 2.86. The molecule has 0 saturated carbocycles. The molecule has 1 aliphatic carbocycles. The van der Waals surface area contributed by atoms with Crippen molar-refractivity contribution in [3.05, 3.63) is 54.6 Å². The van der Waals surface area contributed by atoms with E-state index in [2.05, 4.69) is 15.0 Å². The van der Waals surface area contributed by atoms with Crippen molar-refractivity contribution < 1.29 is 37.0 Å². The Bertz CT molecular complexity index is 1530. The van der Waals surface area contributed by atoms with Crippen LogP contribution in [0.5, 0.6) is 17.2 Å². The number of primary sulfonamides is 1. The van der Waals surface area contributed by atoms with Gasteiger partial charge in [-0.3, -0.25) is 9.59 Å². The van der Waals surface area contributed by atoms with Crippen LogP contribution in [-0.2, 0) is 24.3 Å². The molecule has 0 bridgehead atoms. The van der Waals surface area contributed by atoms with Gasteiger partial charge >= 0.3 is 0 Å². The molecule has 0 spiro atoms. The van der Waals surface area contributed by atoms with E-state index in [-0.39, 0.29) is 34.4 Å². The van der Waals surface area contributed by atoms with E-state index >= 15 is 0 Å². The number of aliphatic imine (C=N–C) groups is 1. The van der Waals surface area contributed by atoms with E-state index in [1.807, 2.05) is 0 Å². The smallest absolute Gasteiger partial charge is 0.238 e. The highest BCUT2D eigenvalue weighted by Gasteiger charge is 2.27. The molecule has 0 saturated heterocycles. The maximum atomic E-state index is 12.8. The number of carbonyl (C=O) groups excluding carboxylic acids is 2. The van der Waals surface area contributed by atoms with E-state index in [1.54, 1.807) is 19.2 Å². The van der Waals surface area contributed by atoms with Gasteiger partial charge in [-0.25, -0.2) is 28.5 Å². The first kappa shape index (κ1) is 25.9. The molecule has 12 nitrogen and oxygen atoms in total. The van der Waals surface area contributed by atoms with E-state index in [4.69, 9.17) is 24.1 Å². The number of nitrogens with zero attached hydrogens (tertiary/aromatic N) is 3. The second kappa shape index (κ2) is 10.8. The van der Waals surface area contributed by atoms with Gasteiger partial charge in [-0.1, -0.05) is 0 Å². The zero-order valence-corrected chi connectivity index (χ0v) is 20.6. The van der Waals surface area contributed by atoms with Crippen LogP contribution >= 0.6 is 0 Å². The van der Waals surface area contributed by atoms with Crippen molar-refractivity contribution in [1.29, 1.82) is 0 Å². The molecule has 13 heteroatoms. The summed E-state index contributed by atoms with van der Waals surface area (Å²) < 4.78 is 44.4. The lowest BCUT2D eigenvalue weighted by atomic mass is 10.0. The monoisotopic (exact) mass is 526 g/mol. The summed E-state index contributed by atoms with van der Waals surface area (Å²) in [4.78, 5) is 38.1. The number of rotatable bonds is 9. The number of nitrogens with two attached hydrogens (primary N) is 1. The minimum atomic E-state index is -3.87. The maximum Gasteiger partial charge on any atom is 0.238 e. The Morgan fingerprint density at radius 2 is 1.78 bits per heavy atom. The quantitative estimate of drug-likeness (QED) is 0.406. The van der Waals surface area contributed by atoms with Crippen LogP contribution in [0.15, 0.2) is 64.4 Å². The van der Waals surface area contributed by atoms with Crippen LogP contribution in [0.4, 0.5) is 5.82 Å². The highest BCUT2D eigenvalue weighted by Crippen LogP contribution is 2.35. The fraction of sp³-hybridized carbons (Fsp3) is 0.208. The molecule has 2 aromatic carbocycles. The maximum absolute atomic E-state index is 12.8. The van der Waals surface area contributed by atoms with Crippen molar-refractivity contribution >= 4 is 44.0 Å². The van der Waals surface area contributed by atoms with Crippen molar-refractivity contribution in [2.75, 3.05) is 27.4 Å². The normalized spacial score (nSPS) is 15.1. The molecule has 1 heterocycles. The van der Waals surface area contributed by atoms with Gasteiger partial charge in [-0.15, -0.1) is 0 Å². The first-order valence-electron chi connectivity index (χ1n) is 10.8. The van der Waals surface area contributed by atoms with Crippen LogP contribution < -0.4 is 19.3 Å². The van der Waals surface area contributed by atoms with Crippen LogP contribution in [0.2, 0.25) is 0 Å². The number of hydrogen-bond donors (Lipinski definition) is 1. The van der Waals surface area contributed by atoms with Gasteiger partial charge in [0.05, 0.1) is 36.3 Å². The zero-order chi connectivity index (χ0) is 26.6. The van der Waals surface area contributed by atoms with Crippen LogP contribution in [0.25, 0.3) is 10.9 Å². The average molecular weight is 527 g/mol. The predicted molar refractivity (Wildman–Crippen MR) is 132 cm³/mol. The molecular weight excluding hydrogens is 504 g/mol. The number of sulfonamides is 1. The van der Waals surface area contributed by atoms with Crippen molar-refractivity contribution in [2.24, 2.45) is 10.1 Å². The summed E-state index contributed by atoms with van der Waals surface area (Å²) in [6, 6.07) is 8.42. The molecule has 2 N–H and O–H groups in total. The fourth-order valence-corrected chi connectivity index (χ4v) is 3.90. The molecule has 0 fully saturated rings. The number of ketones is 2. The number of ether oxygens (including phenoxy) is 4. The number of carbonyl (C=O) groups is 2. The second-order valence-electron chi connectivity index (χ2n) is 7.71. The van der Waals surface area contributed by atoms with Crippen molar-refractivity contribution in [1.82, 2.24) is 9.97 Å². The summed E-state index contributed by atoms with van der Waals surface area (Å²) in [5.41, 5.74) is 0.473. The summed E-state index contributed by atoms with van der Waals surface area (Å²) in [6.45, 7) is 0.697. The molecule has 3 aromatic rings. The molecular formula is C24H22N4O8S. The van der Waals surface area contributed by atoms with Gasteiger partial charge in [-0.05, 0) is 30.3 Å². The minimum absolute atomic E-state index is 0.0266. The fourth-order valence-electron chi connectivity index (χ4n) is 3.39. The zero-order valence-electron chi connectivity index (χ0n) is 19.8. The number of hydrogen-bond acceptors (Lipinski definition) is 11. The minimum Gasteiger partial charge on any atom is -0.493 e. The lowest BCUT2D eigenvalue weighted by molar-refractivity contribution is -0.118. The third kappa shape index (κ3) is 5.97. The van der Waals surface area contributed by atoms with E-state index in [0.717, 1.165) is 6.08 Å². The Hall–Kier alpha value is -4.20. The number of methoxy groups -OCH3 is 2. The highest BCUT2D eigenvalue weighted by atomic mass is 32.2. The molecule has 0 aliphatic heterocycles. The summed E-state index contributed by atoms with van der Waals surface area (Å²) in [7, 11) is -0.826. The Balaban J connectivity index is 1.60. The molecule has 0 amide bonds. The van der Waals surface area contributed by atoms with Crippen LogP contribution in [0, 0.1) is 0 Å². The van der Waals surface area contributed by atoms with E-state index in [1.165, 1.54) is 37.7 Å². The van der Waals surface area contributed by atoms with E-state index < -0.39 is 21.6 Å². The highest BCUT2D eigenvalue weighted by molar-refractivity contribution is 7.89. The summed E-state index contributed by atoms with van der Waals surface area (Å²) in [5, 5.41) is 5.57. The molecule has 0 unspecified atom stereocenters. The number of allylic oxidation sites excluding steroid dienone is 2. The molecule has 37 heavy (non-hydrogen) atoms. The van der Waals surface area contributed by atoms with Gasteiger partial charge in [0, 0.05) is 24.6 Å². The third-order valence-electron chi connectivity index (χ3n) is 5.22. The van der Waals surface area contributed by atoms with Gasteiger partial charge in [0.25, 0.3) is 0 Å². The van der Waals surface area contributed by atoms with E-state index in [9.17, 15) is 18.0 Å². The Kier molecular flexibility index (Phi) is 7.57. The van der Waals surface area contributed by atoms with Crippen molar-refractivity contribution in [3.8, 4) is 17.2 Å². The molecule has 0 atom stereocenters. The number of aromatic nitrogens is 2. The molecule has 1 aliphatic rings. The SMILES string of the molecule is COCCOc1cc2ncnc(N=C3CC(=O)C(Oc4ccc(S(N)(=O)=O)cc4)=CC3=O)c2cc1OC.